The van der Waals surface area contributed by atoms with Gasteiger partial charge in [0.05, 0.1) is 17.8 Å². The molecule has 3 heteroatoms. The molecule has 0 aromatic carbocycles. The maximum absolute atomic E-state index is 9.91. The Balaban J connectivity index is 2.34. The fourth-order valence-electron chi connectivity index (χ4n) is 3.30. The lowest BCUT2D eigenvalue weighted by Crippen LogP contribution is -2.45. The second-order valence-electron chi connectivity index (χ2n) is 6.08. The van der Waals surface area contributed by atoms with Crippen LogP contribution in [0.1, 0.15) is 40.5 Å². The first-order chi connectivity index (χ1) is 7.24. The zero-order chi connectivity index (χ0) is 12.1. The summed E-state index contributed by atoms with van der Waals surface area (Å²) in [6.45, 7) is 8.03. The molecule has 4 atom stereocenters. The fraction of sp³-hybridized carbons (Fsp3) is 0.846. The first-order valence-corrected chi connectivity index (χ1v) is 6.01. The Hall–Kier alpha value is -0.380. The summed E-state index contributed by atoms with van der Waals surface area (Å²) in [5.41, 5.74) is 0.787. The molecule has 2 aliphatic rings. The van der Waals surface area contributed by atoms with Crippen LogP contribution in [0.15, 0.2) is 11.6 Å². The first-order valence-electron chi connectivity index (χ1n) is 6.01. The van der Waals surface area contributed by atoms with E-state index in [0.717, 1.165) is 6.42 Å². The van der Waals surface area contributed by atoms with Gasteiger partial charge in [0.2, 0.25) is 0 Å². The van der Waals surface area contributed by atoms with Gasteiger partial charge in [0.1, 0.15) is 6.10 Å². The Morgan fingerprint density at radius 1 is 1.38 bits per heavy atom. The summed E-state index contributed by atoms with van der Waals surface area (Å²) in [6.07, 6.45) is 2.41. The molecule has 3 nitrogen and oxygen atoms in total. The van der Waals surface area contributed by atoms with Crippen LogP contribution in [0.4, 0.5) is 0 Å². The van der Waals surface area contributed by atoms with E-state index in [2.05, 4.69) is 19.9 Å². The van der Waals surface area contributed by atoms with E-state index < -0.39 is 11.7 Å². The molecule has 0 radical (unpaired) electrons. The van der Waals surface area contributed by atoms with Crippen LogP contribution in [0.5, 0.6) is 0 Å². The number of aliphatic hydroxyl groups excluding tert-OH is 2. The van der Waals surface area contributed by atoms with Gasteiger partial charge >= 0.3 is 0 Å². The second-order valence-corrected chi connectivity index (χ2v) is 6.08. The number of fused-ring (bicyclic) bond motifs is 1. The summed E-state index contributed by atoms with van der Waals surface area (Å²) in [7, 11) is 0. The van der Waals surface area contributed by atoms with Crippen LogP contribution in [0, 0.1) is 5.41 Å². The third kappa shape index (κ3) is 1.81. The van der Waals surface area contributed by atoms with E-state index in [-0.39, 0.29) is 17.6 Å². The molecule has 16 heavy (non-hydrogen) atoms. The van der Waals surface area contributed by atoms with Gasteiger partial charge in [-0.25, -0.2) is 0 Å². The number of hydrogen-bond acceptors (Lipinski definition) is 3. The molecule has 1 fully saturated rings. The average Bonchev–Trinajstić information content (AvgIpc) is 2.41. The average molecular weight is 226 g/mol. The van der Waals surface area contributed by atoms with Crippen LogP contribution in [-0.4, -0.2) is 34.1 Å². The van der Waals surface area contributed by atoms with Crippen molar-refractivity contribution >= 4 is 0 Å². The highest BCUT2D eigenvalue weighted by Crippen LogP contribution is 2.51. The Labute approximate surface area is 97.1 Å². The highest BCUT2D eigenvalue weighted by atomic mass is 16.5. The molecule has 2 N–H and O–H groups in total. The van der Waals surface area contributed by atoms with Crippen LogP contribution >= 0.6 is 0 Å². The lowest BCUT2D eigenvalue weighted by Gasteiger charge is -2.44. The van der Waals surface area contributed by atoms with Crippen LogP contribution in [0.25, 0.3) is 0 Å². The van der Waals surface area contributed by atoms with Gasteiger partial charge in [-0.1, -0.05) is 19.9 Å². The van der Waals surface area contributed by atoms with Gasteiger partial charge in [-0.3, -0.25) is 0 Å². The molecule has 0 aromatic rings. The summed E-state index contributed by atoms with van der Waals surface area (Å²) in [5, 5.41) is 19.5. The minimum absolute atomic E-state index is 0.0456. The fourth-order valence-corrected chi connectivity index (χ4v) is 3.30. The molecule has 0 saturated heterocycles. The van der Waals surface area contributed by atoms with Crippen molar-refractivity contribution in [2.45, 2.75) is 64.4 Å². The number of ether oxygens (including phenoxy) is 1. The maximum atomic E-state index is 9.91. The van der Waals surface area contributed by atoms with Crippen molar-refractivity contribution in [2.75, 3.05) is 0 Å². The molecule has 0 aromatic heterocycles. The van der Waals surface area contributed by atoms with Gasteiger partial charge < -0.3 is 14.9 Å². The third-order valence-corrected chi connectivity index (χ3v) is 3.87. The van der Waals surface area contributed by atoms with Crippen LogP contribution in [0.2, 0.25) is 0 Å². The smallest absolute Gasteiger partial charge is 0.103 e. The third-order valence-electron chi connectivity index (χ3n) is 3.87. The molecule has 2 rings (SSSR count). The summed E-state index contributed by atoms with van der Waals surface area (Å²) >= 11 is 0. The SMILES string of the molecule is C[C@@H](O)[C@H]1C=C2C(C)(C)C[C@H](O)C[C@@]2(C)O1. The summed E-state index contributed by atoms with van der Waals surface area (Å²) in [4.78, 5) is 0. The molecule has 0 unspecified atom stereocenters. The molecule has 0 bridgehead atoms. The van der Waals surface area contributed by atoms with E-state index in [4.69, 9.17) is 4.74 Å². The van der Waals surface area contributed by atoms with Crippen molar-refractivity contribution in [2.24, 2.45) is 5.41 Å². The summed E-state index contributed by atoms with van der Waals surface area (Å²) in [6, 6.07) is 0. The lowest BCUT2D eigenvalue weighted by molar-refractivity contribution is -0.103. The van der Waals surface area contributed by atoms with Crippen LogP contribution in [0.3, 0.4) is 0 Å². The number of hydrogen-bond donors (Lipinski definition) is 2. The number of aliphatic hydroxyl groups is 2. The van der Waals surface area contributed by atoms with Crippen molar-refractivity contribution in [3.8, 4) is 0 Å². The van der Waals surface area contributed by atoms with Gasteiger partial charge in [0.25, 0.3) is 0 Å². The topological polar surface area (TPSA) is 49.7 Å². The Morgan fingerprint density at radius 2 is 2.00 bits per heavy atom. The van der Waals surface area contributed by atoms with Crippen molar-refractivity contribution in [1.82, 2.24) is 0 Å². The van der Waals surface area contributed by atoms with E-state index in [9.17, 15) is 10.2 Å². The van der Waals surface area contributed by atoms with Crippen molar-refractivity contribution < 1.29 is 14.9 Å². The Bertz CT molecular complexity index is 319. The molecule has 1 heterocycles. The largest absolute Gasteiger partial charge is 0.393 e. The van der Waals surface area contributed by atoms with E-state index in [1.807, 2.05) is 6.92 Å². The molecular formula is C13H22O3. The minimum atomic E-state index is -0.497. The van der Waals surface area contributed by atoms with E-state index in [0.29, 0.717) is 6.42 Å². The molecule has 92 valence electrons. The Kier molecular flexibility index (Phi) is 2.69. The second kappa shape index (κ2) is 3.56. The van der Waals surface area contributed by atoms with Gasteiger partial charge in [0.15, 0.2) is 0 Å². The maximum Gasteiger partial charge on any atom is 0.103 e. The van der Waals surface area contributed by atoms with E-state index >= 15 is 0 Å². The molecule has 0 amide bonds. The normalized spacial score (nSPS) is 43.8. The minimum Gasteiger partial charge on any atom is -0.393 e. The number of rotatable bonds is 1. The van der Waals surface area contributed by atoms with E-state index in [1.54, 1.807) is 6.92 Å². The molecule has 0 spiro atoms. The van der Waals surface area contributed by atoms with E-state index in [1.165, 1.54) is 5.57 Å². The zero-order valence-electron chi connectivity index (χ0n) is 10.5. The molecule has 1 saturated carbocycles. The molecule has 1 aliphatic heterocycles. The summed E-state index contributed by atoms with van der Waals surface area (Å²) in [5.74, 6) is 0. The summed E-state index contributed by atoms with van der Waals surface area (Å²) < 4.78 is 5.92. The van der Waals surface area contributed by atoms with Gasteiger partial charge in [0, 0.05) is 6.42 Å². The zero-order valence-corrected chi connectivity index (χ0v) is 10.5. The molecule has 1 aliphatic carbocycles. The van der Waals surface area contributed by atoms with Crippen molar-refractivity contribution in [3.63, 3.8) is 0 Å². The predicted octanol–water partition coefficient (Wildman–Crippen LogP) is 1.63. The lowest BCUT2D eigenvalue weighted by atomic mass is 9.65. The molecular weight excluding hydrogens is 204 g/mol. The van der Waals surface area contributed by atoms with Crippen molar-refractivity contribution in [3.05, 3.63) is 11.6 Å². The standard InChI is InChI=1S/C13H22O3/c1-8(14)10-5-11-12(2,3)6-9(15)7-13(11,4)16-10/h5,8-10,14-15H,6-7H2,1-4H3/t8-,9+,10-,13-/m1/s1. The van der Waals surface area contributed by atoms with Gasteiger partial charge in [-0.2, -0.15) is 0 Å². The van der Waals surface area contributed by atoms with Crippen molar-refractivity contribution in [1.29, 1.82) is 0 Å². The quantitative estimate of drug-likeness (QED) is 0.668. The van der Waals surface area contributed by atoms with Crippen LogP contribution < -0.4 is 0 Å². The highest BCUT2D eigenvalue weighted by Gasteiger charge is 2.50. The monoisotopic (exact) mass is 226 g/mol. The van der Waals surface area contributed by atoms with Gasteiger partial charge in [-0.15, -0.1) is 0 Å². The first kappa shape index (κ1) is 12.1. The van der Waals surface area contributed by atoms with Gasteiger partial charge in [-0.05, 0) is 31.3 Å². The predicted molar refractivity (Wildman–Crippen MR) is 62.1 cm³/mol. The highest BCUT2D eigenvalue weighted by molar-refractivity contribution is 5.32. The van der Waals surface area contributed by atoms with Crippen LogP contribution in [-0.2, 0) is 4.74 Å². The Morgan fingerprint density at radius 3 is 2.56 bits per heavy atom.